The highest BCUT2D eigenvalue weighted by atomic mass is 16.2. The molecule has 0 radical (unpaired) electrons. The van der Waals surface area contributed by atoms with E-state index in [1.807, 2.05) is 31.9 Å². The van der Waals surface area contributed by atoms with Crippen molar-refractivity contribution in [2.75, 3.05) is 49.5 Å². The smallest absolute Gasteiger partial charge is 0.227 e. The number of nitrogens with one attached hydrogen (secondary N) is 1. The van der Waals surface area contributed by atoms with Crippen LogP contribution in [0.5, 0.6) is 0 Å². The highest BCUT2D eigenvalue weighted by molar-refractivity contribution is 5.79. The molecule has 0 spiro atoms. The van der Waals surface area contributed by atoms with Crippen molar-refractivity contribution in [1.29, 1.82) is 0 Å². The fourth-order valence-corrected chi connectivity index (χ4v) is 4.33. The molecule has 1 N–H and O–H groups in total. The molecule has 0 saturated carbocycles. The second-order valence-electron chi connectivity index (χ2n) is 8.85. The van der Waals surface area contributed by atoms with Crippen LogP contribution in [-0.2, 0) is 4.79 Å². The lowest BCUT2D eigenvalue weighted by Crippen LogP contribution is -2.45. The number of anilines is 2. The van der Waals surface area contributed by atoms with Gasteiger partial charge in [-0.1, -0.05) is 0 Å². The standard InChI is InChI=1S/C23H42N6O/c1-8-27(9-2)22(30)20-11-10-13-28(16-20)23-25-15-19(7)21(26-23)24-12-14-29(17(3)4)18(5)6/h15,17-18,20H,8-14,16H2,1-7H3,(H,24,25,26). The maximum atomic E-state index is 12.8. The Morgan fingerprint density at radius 1 is 1.23 bits per heavy atom. The summed E-state index contributed by atoms with van der Waals surface area (Å²) in [6.07, 6.45) is 3.83. The highest BCUT2D eigenvalue weighted by Gasteiger charge is 2.29. The quantitative estimate of drug-likeness (QED) is 0.628. The molecule has 30 heavy (non-hydrogen) atoms. The minimum Gasteiger partial charge on any atom is -0.368 e. The summed E-state index contributed by atoms with van der Waals surface area (Å²) in [5, 5.41) is 3.51. The molecular formula is C23H42N6O. The van der Waals surface area contributed by atoms with Crippen LogP contribution in [0.25, 0.3) is 0 Å². The summed E-state index contributed by atoms with van der Waals surface area (Å²) in [4.78, 5) is 28.8. The molecule has 170 valence electrons. The van der Waals surface area contributed by atoms with Crippen molar-refractivity contribution in [2.45, 2.75) is 73.4 Å². The molecule has 7 nitrogen and oxygen atoms in total. The molecule has 1 amide bonds. The summed E-state index contributed by atoms with van der Waals surface area (Å²) in [6.45, 7) is 20.0. The van der Waals surface area contributed by atoms with Gasteiger partial charge < -0.3 is 15.1 Å². The topological polar surface area (TPSA) is 64.6 Å². The van der Waals surface area contributed by atoms with Crippen LogP contribution in [0.15, 0.2) is 6.20 Å². The van der Waals surface area contributed by atoms with Crippen LogP contribution in [0.2, 0.25) is 0 Å². The summed E-state index contributed by atoms with van der Waals surface area (Å²) in [7, 11) is 0. The van der Waals surface area contributed by atoms with E-state index in [0.717, 1.165) is 62.9 Å². The van der Waals surface area contributed by atoms with Gasteiger partial charge in [-0.25, -0.2) is 4.98 Å². The SMILES string of the molecule is CCN(CC)C(=O)C1CCCN(c2ncc(C)c(NCCN(C(C)C)C(C)C)n2)C1. The molecular weight excluding hydrogens is 376 g/mol. The minimum atomic E-state index is 0.0330. The molecule has 0 aromatic carbocycles. The Balaban J connectivity index is 2.04. The molecule has 7 heteroatoms. The van der Waals surface area contributed by atoms with Crippen molar-refractivity contribution >= 4 is 17.7 Å². The summed E-state index contributed by atoms with van der Waals surface area (Å²) in [5.74, 6) is 1.91. The van der Waals surface area contributed by atoms with Gasteiger partial charge in [0, 0.05) is 63.1 Å². The van der Waals surface area contributed by atoms with Crippen molar-refractivity contribution in [2.24, 2.45) is 5.92 Å². The zero-order valence-electron chi connectivity index (χ0n) is 20.1. The normalized spacial score (nSPS) is 17.1. The number of nitrogens with zero attached hydrogens (tertiary/aromatic N) is 5. The van der Waals surface area contributed by atoms with Gasteiger partial charge in [0.2, 0.25) is 11.9 Å². The molecule has 1 aliphatic heterocycles. The molecule has 1 saturated heterocycles. The molecule has 2 heterocycles. The van der Waals surface area contributed by atoms with Gasteiger partial charge in [0.15, 0.2) is 0 Å². The lowest BCUT2D eigenvalue weighted by molar-refractivity contribution is -0.135. The summed E-state index contributed by atoms with van der Waals surface area (Å²) >= 11 is 0. The van der Waals surface area contributed by atoms with Gasteiger partial charge in [-0.15, -0.1) is 0 Å². The third-order valence-electron chi connectivity index (χ3n) is 6.08. The first-order chi connectivity index (χ1) is 14.3. The minimum absolute atomic E-state index is 0.0330. The fourth-order valence-electron chi connectivity index (χ4n) is 4.33. The van der Waals surface area contributed by atoms with Crippen LogP contribution in [0.1, 0.15) is 59.9 Å². The van der Waals surface area contributed by atoms with E-state index >= 15 is 0 Å². The van der Waals surface area contributed by atoms with Gasteiger partial charge in [-0.2, -0.15) is 4.98 Å². The van der Waals surface area contributed by atoms with E-state index in [1.54, 1.807) is 0 Å². The van der Waals surface area contributed by atoms with Gasteiger partial charge in [0.1, 0.15) is 5.82 Å². The Kier molecular flexibility index (Phi) is 9.34. The van der Waals surface area contributed by atoms with E-state index in [1.165, 1.54) is 0 Å². The van der Waals surface area contributed by atoms with Crippen LogP contribution in [0.3, 0.4) is 0 Å². The van der Waals surface area contributed by atoms with Crippen LogP contribution in [0, 0.1) is 12.8 Å². The largest absolute Gasteiger partial charge is 0.368 e. The van der Waals surface area contributed by atoms with Gasteiger partial charge in [0.25, 0.3) is 0 Å². The lowest BCUT2D eigenvalue weighted by Gasteiger charge is -2.34. The number of carbonyl (C=O) groups is 1. The second kappa shape index (κ2) is 11.5. The molecule has 1 fully saturated rings. The fraction of sp³-hybridized carbons (Fsp3) is 0.783. The number of piperidine rings is 1. The second-order valence-corrected chi connectivity index (χ2v) is 8.85. The van der Waals surface area contributed by atoms with Gasteiger partial charge in [-0.3, -0.25) is 9.69 Å². The third kappa shape index (κ3) is 6.30. The predicted octanol–water partition coefficient (Wildman–Crippen LogP) is 3.40. The number of hydrogen-bond acceptors (Lipinski definition) is 6. The van der Waals surface area contributed by atoms with Crippen LogP contribution < -0.4 is 10.2 Å². The van der Waals surface area contributed by atoms with E-state index in [2.05, 4.69) is 47.8 Å². The van der Waals surface area contributed by atoms with Crippen molar-refractivity contribution in [3.63, 3.8) is 0 Å². The Morgan fingerprint density at radius 2 is 1.90 bits per heavy atom. The summed E-state index contributed by atoms with van der Waals surface area (Å²) in [6, 6.07) is 1.03. The first kappa shape index (κ1) is 24.4. The van der Waals surface area contributed by atoms with Crippen molar-refractivity contribution < 1.29 is 4.79 Å². The van der Waals surface area contributed by atoms with Crippen molar-refractivity contribution in [3.8, 4) is 0 Å². The van der Waals surface area contributed by atoms with E-state index in [0.29, 0.717) is 18.6 Å². The number of aryl methyl sites for hydroxylation is 1. The van der Waals surface area contributed by atoms with E-state index < -0.39 is 0 Å². The third-order valence-corrected chi connectivity index (χ3v) is 6.08. The summed E-state index contributed by atoms with van der Waals surface area (Å²) in [5.41, 5.74) is 1.05. The molecule has 1 aromatic rings. The predicted molar refractivity (Wildman–Crippen MR) is 125 cm³/mol. The van der Waals surface area contributed by atoms with E-state index in [4.69, 9.17) is 4.98 Å². The first-order valence-corrected chi connectivity index (χ1v) is 11.6. The zero-order chi connectivity index (χ0) is 22.3. The number of hydrogen-bond donors (Lipinski definition) is 1. The number of carbonyl (C=O) groups excluding carboxylic acids is 1. The molecule has 1 unspecified atom stereocenters. The van der Waals surface area contributed by atoms with E-state index in [9.17, 15) is 4.79 Å². The Labute approximate surface area is 183 Å². The number of aromatic nitrogens is 2. The van der Waals surface area contributed by atoms with Gasteiger partial charge in [0.05, 0.1) is 5.92 Å². The van der Waals surface area contributed by atoms with Gasteiger partial charge in [-0.05, 0) is 61.3 Å². The van der Waals surface area contributed by atoms with Crippen molar-refractivity contribution in [3.05, 3.63) is 11.8 Å². The van der Waals surface area contributed by atoms with Crippen LogP contribution >= 0.6 is 0 Å². The van der Waals surface area contributed by atoms with E-state index in [-0.39, 0.29) is 11.8 Å². The van der Waals surface area contributed by atoms with Crippen molar-refractivity contribution in [1.82, 2.24) is 19.8 Å². The number of amides is 1. The monoisotopic (exact) mass is 418 g/mol. The highest BCUT2D eigenvalue weighted by Crippen LogP contribution is 2.24. The average Bonchev–Trinajstić information content (AvgIpc) is 2.72. The number of rotatable bonds is 10. The molecule has 1 aliphatic rings. The zero-order valence-corrected chi connectivity index (χ0v) is 20.1. The first-order valence-electron chi connectivity index (χ1n) is 11.6. The molecule has 1 aromatic heterocycles. The van der Waals surface area contributed by atoms with Crippen LogP contribution in [0.4, 0.5) is 11.8 Å². The Hall–Kier alpha value is -1.89. The Morgan fingerprint density at radius 3 is 2.50 bits per heavy atom. The maximum Gasteiger partial charge on any atom is 0.227 e. The maximum absolute atomic E-state index is 12.8. The summed E-state index contributed by atoms with van der Waals surface area (Å²) < 4.78 is 0. The molecule has 2 rings (SSSR count). The Bertz CT molecular complexity index is 666. The lowest BCUT2D eigenvalue weighted by atomic mass is 9.96. The average molecular weight is 419 g/mol. The van der Waals surface area contributed by atoms with Crippen LogP contribution in [-0.4, -0.2) is 77.0 Å². The van der Waals surface area contributed by atoms with Gasteiger partial charge >= 0.3 is 0 Å². The molecule has 0 bridgehead atoms. The molecule has 1 atom stereocenters. The molecule has 0 aliphatic carbocycles.